The Kier molecular flexibility index (Phi) is 3.01. The molecule has 1 aromatic rings. The summed E-state index contributed by atoms with van der Waals surface area (Å²) in [5.41, 5.74) is 6.13. The number of hydrogen-bond donors (Lipinski definition) is 2. The Morgan fingerprint density at radius 2 is 2.50 bits per heavy atom. The molecule has 0 aliphatic heterocycles. The molecule has 0 aliphatic rings. The van der Waals surface area contributed by atoms with Gasteiger partial charge in [-0.05, 0) is 17.0 Å². The number of rotatable bonds is 3. The lowest BCUT2D eigenvalue weighted by molar-refractivity contribution is 0.0702. The van der Waals surface area contributed by atoms with Crippen LogP contribution in [0.25, 0.3) is 6.08 Å². The number of carboxylic acids is 1. The van der Waals surface area contributed by atoms with Gasteiger partial charge >= 0.3 is 5.97 Å². The molecule has 0 aromatic carbocycles. The van der Waals surface area contributed by atoms with Gasteiger partial charge in [0.1, 0.15) is 4.88 Å². The van der Waals surface area contributed by atoms with Crippen molar-refractivity contribution in [3.05, 3.63) is 28.0 Å². The average molecular weight is 183 g/mol. The van der Waals surface area contributed by atoms with Crippen LogP contribution in [0.2, 0.25) is 0 Å². The Morgan fingerprint density at radius 3 is 3.00 bits per heavy atom. The maximum Gasteiger partial charge on any atom is 0.345 e. The second-order valence-electron chi connectivity index (χ2n) is 2.19. The lowest BCUT2D eigenvalue weighted by Crippen LogP contribution is -1.92. The van der Waals surface area contributed by atoms with Gasteiger partial charge in [-0.3, -0.25) is 0 Å². The minimum atomic E-state index is -0.882. The summed E-state index contributed by atoms with van der Waals surface area (Å²) in [6.45, 7) is 0.470. The fraction of sp³-hybridized carbons (Fsp3) is 0.125. The molecule has 0 amide bonds. The van der Waals surface area contributed by atoms with Crippen molar-refractivity contribution < 1.29 is 9.90 Å². The van der Waals surface area contributed by atoms with E-state index in [1.807, 2.05) is 6.08 Å². The zero-order valence-corrected chi connectivity index (χ0v) is 7.17. The van der Waals surface area contributed by atoms with Gasteiger partial charge in [-0.1, -0.05) is 12.2 Å². The highest BCUT2D eigenvalue weighted by Crippen LogP contribution is 2.15. The first-order valence-corrected chi connectivity index (χ1v) is 4.30. The van der Waals surface area contributed by atoms with Gasteiger partial charge in [0.2, 0.25) is 0 Å². The Morgan fingerprint density at radius 1 is 1.75 bits per heavy atom. The fourth-order valence-electron chi connectivity index (χ4n) is 0.755. The quantitative estimate of drug-likeness (QED) is 0.744. The zero-order chi connectivity index (χ0) is 8.97. The standard InChI is InChI=1S/C8H9NO2S/c9-3-1-2-6-4-7(8(10)11)12-5-6/h1-2,4-5H,3,9H2,(H,10,11). The number of thiophene rings is 1. The highest BCUT2D eigenvalue weighted by atomic mass is 32.1. The first-order valence-electron chi connectivity index (χ1n) is 3.42. The van der Waals surface area contributed by atoms with Crippen molar-refractivity contribution in [1.29, 1.82) is 0 Å². The van der Waals surface area contributed by atoms with Crippen molar-refractivity contribution in [2.75, 3.05) is 6.54 Å². The topological polar surface area (TPSA) is 63.3 Å². The molecule has 0 spiro atoms. The first kappa shape index (κ1) is 8.96. The minimum absolute atomic E-state index is 0.353. The molecule has 0 saturated carbocycles. The van der Waals surface area contributed by atoms with Crippen LogP contribution in [0.5, 0.6) is 0 Å². The molecule has 3 nitrogen and oxygen atoms in total. The van der Waals surface area contributed by atoms with E-state index in [2.05, 4.69) is 0 Å². The molecule has 0 saturated heterocycles. The normalized spacial score (nSPS) is 10.8. The van der Waals surface area contributed by atoms with E-state index in [-0.39, 0.29) is 0 Å². The van der Waals surface area contributed by atoms with Crippen molar-refractivity contribution in [3.63, 3.8) is 0 Å². The van der Waals surface area contributed by atoms with Gasteiger partial charge in [-0.15, -0.1) is 11.3 Å². The van der Waals surface area contributed by atoms with E-state index in [0.29, 0.717) is 11.4 Å². The fourth-order valence-corrected chi connectivity index (χ4v) is 1.47. The SMILES string of the molecule is NCC=Cc1csc(C(=O)O)c1. The van der Waals surface area contributed by atoms with Crippen LogP contribution in [0.4, 0.5) is 0 Å². The monoisotopic (exact) mass is 183 g/mol. The number of hydrogen-bond acceptors (Lipinski definition) is 3. The van der Waals surface area contributed by atoms with Gasteiger partial charge < -0.3 is 10.8 Å². The van der Waals surface area contributed by atoms with E-state index in [9.17, 15) is 4.79 Å². The molecular formula is C8H9NO2S. The Bertz CT molecular complexity index is 304. The molecular weight excluding hydrogens is 174 g/mol. The summed E-state index contributed by atoms with van der Waals surface area (Å²) < 4.78 is 0. The summed E-state index contributed by atoms with van der Waals surface area (Å²) in [4.78, 5) is 10.8. The Labute approximate surface area is 74.1 Å². The van der Waals surface area contributed by atoms with E-state index in [1.54, 1.807) is 17.5 Å². The zero-order valence-electron chi connectivity index (χ0n) is 6.36. The van der Waals surface area contributed by atoms with Gasteiger partial charge in [0, 0.05) is 6.54 Å². The summed E-state index contributed by atoms with van der Waals surface area (Å²) in [5.74, 6) is -0.882. The van der Waals surface area contributed by atoms with E-state index in [4.69, 9.17) is 10.8 Å². The van der Waals surface area contributed by atoms with Crippen LogP contribution in [-0.2, 0) is 0 Å². The van der Waals surface area contributed by atoms with Crippen molar-refractivity contribution in [3.8, 4) is 0 Å². The maximum atomic E-state index is 10.4. The van der Waals surface area contributed by atoms with Crippen LogP contribution in [-0.4, -0.2) is 17.6 Å². The van der Waals surface area contributed by atoms with Gasteiger partial charge in [0.05, 0.1) is 0 Å². The summed E-state index contributed by atoms with van der Waals surface area (Å²) in [7, 11) is 0. The number of nitrogens with two attached hydrogens (primary N) is 1. The molecule has 4 heteroatoms. The van der Waals surface area contributed by atoms with Crippen LogP contribution in [0.15, 0.2) is 17.5 Å². The van der Waals surface area contributed by atoms with Gasteiger partial charge in [-0.2, -0.15) is 0 Å². The van der Waals surface area contributed by atoms with E-state index in [0.717, 1.165) is 5.56 Å². The molecule has 64 valence electrons. The van der Waals surface area contributed by atoms with Gasteiger partial charge in [0.25, 0.3) is 0 Å². The summed E-state index contributed by atoms with van der Waals surface area (Å²) >= 11 is 1.22. The lowest BCUT2D eigenvalue weighted by Gasteiger charge is -1.82. The molecule has 1 rings (SSSR count). The number of carbonyl (C=O) groups is 1. The van der Waals surface area contributed by atoms with Crippen LogP contribution in [0, 0.1) is 0 Å². The molecule has 0 atom stereocenters. The third-order valence-electron chi connectivity index (χ3n) is 1.28. The van der Waals surface area contributed by atoms with Crippen molar-refractivity contribution >= 4 is 23.4 Å². The van der Waals surface area contributed by atoms with Crippen molar-refractivity contribution in [2.45, 2.75) is 0 Å². The van der Waals surface area contributed by atoms with E-state index < -0.39 is 5.97 Å². The molecule has 0 radical (unpaired) electrons. The number of carboxylic acid groups (broad SMARTS) is 1. The second-order valence-corrected chi connectivity index (χ2v) is 3.10. The largest absolute Gasteiger partial charge is 0.477 e. The maximum absolute atomic E-state index is 10.4. The summed E-state index contributed by atoms with van der Waals surface area (Å²) in [5, 5.41) is 10.4. The van der Waals surface area contributed by atoms with Crippen molar-refractivity contribution in [1.82, 2.24) is 0 Å². The Balaban J connectivity index is 2.77. The van der Waals surface area contributed by atoms with Crippen LogP contribution in [0.3, 0.4) is 0 Å². The van der Waals surface area contributed by atoms with Crippen LogP contribution >= 0.6 is 11.3 Å². The third kappa shape index (κ3) is 2.18. The predicted octanol–water partition coefficient (Wildman–Crippen LogP) is 1.42. The molecule has 12 heavy (non-hydrogen) atoms. The molecule has 0 aliphatic carbocycles. The van der Waals surface area contributed by atoms with Crippen LogP contribution in [0.1, 0.15) is 15.2 Å². The smallest absolute Gasteiger partial charge is 0.345 e. The van der Waals surface area contributed by atoms with Crippen LogP contribution < -0.4 is 5.73 Å². The second kappa shape index (κ2) is 4.04. The van der Waals surface area contributed by atoms with Crippen molar-refractivity contribution in [2.24, 2.45) is 5.73 Å². The molecule has 1 heterocycles. The summed E-state index contributed by atoms with van der Waals surface area (Å²) in [6, 6.07) is 1.62. The Hall–Kier alpha value is -1.13. The molecule has 0 unspecified atom stereocenters. The average Bonchev–Trinajstić information content (AvgIpc) is 2.48. The number of aromatic carboxylic acids is 1. The minimum Gasteiger partial charge on any atom is -0.477 e. The lowest BCUT2D eigenvalue weighted by atomic mass is 10.3. The third-order valence-corrected chi connectivity index (χ3v) is 2.21. The molecule has 0 fully saturated rings. The predicted molar refractivity (Wildman–Crippen MR) is 49.4 cm³/mol. The van der Waals surface area contributed by atoms with Gasteiger partial charge in [-0.25, -0.2) is 4.79 Å². The van der Waals surface area contributed by atoms with E-state index in [1.165, 1.54) is 11.3 Å². The molecule has 1 aromatic heterocycles. The summed E-state index contributed by atoms with van der Waals surface area (Å²) in [6.07, 6.45) is 3.59. The first-order chi connectivity index (χ1) is 5.74. The highest BCUT2D eigenvalue weighted by molar-refractivity contribution is 7.12. The van der Waals surface area contributed by atoms with E-state index >= 15 is 0 Å². The van der Waals surface area contributed by atoms with Gasteiger partial charge in [0.15, 0.2) is 0 Å². The highest BCUT2D eigenvalue weighted by Gasteiger charge is 2.03. The molecule has 3 N–H and O–H groups in total. The molecule has 0 bridgehead atoms.